The molecule has 1 atom stereocenters. The van der Waals surface area contributed by atoms with E-state index in [1.54, 1.807) is 0 Å². The van der Waals surface area contributed by atoms with Gasteiger partial charge in [-0.15, -0.1) is 0 Å². The predicted molar refractivity (Wildman–Crippen MR) is 84.6 cm³/mol. The zero-order valence-electron chi connectivity index (χ0n) is 13.0. The largest absolute Gasteiger partial charge is 0.493 e. The van der Waals surface area contributed by atoms with Gasteiger partial charge >= 0.3 is 0 Å². The van der Waals surface area contributed by atoms with Crippen LogP contribution in [0.5, 0.6) is 5.75 Å². The Hall–Kier alpha value is -1.06. The number of aryl methyl sites for hydroxylation is 1. The fourth-order valence-electron chi connectivity index (χ4n) is 3.63. The standard InChI is InChI=1S/C18H27NO2/c1-13-4-2-5-16-17(6-3-11-21-18(13)16)19-12-14-7-9-15(20)10-8-14/h2,4-5,14-15,17,19-20H,3,6-12H2,1H3. The summed E-state index contributed by atoms with van der Waals surface area (Å²) >= 11 is 0. The van der Waals surface area contributed by atoms with E-state index in [1.165, 1.54) is 11.1 Å². The van der Waals surface area contributed by atoms with Crippen LogP contribution in [0.15, 0.2) is 18.2 Å². The van der Waals surface area contributed by atoms with Crippen molar-refractivity contribution in [3.8, 4) is 5.75 Å². The molecule has 1 fully saturated rings. The Morgan fingerprint density at radius 1 is 1.19 bits per heavy atom. The number of aliphatic hydroxyl groups excluding tert-OH is 1. The lowest BCUT2D eigenvalue weighted by Gasteiger charge is -2.28. The molecule has 0 amide bonds. The summed E-state index contributed by atoms with van der Waals surface area (Å²) in [6.45, 7) is 4.01. The van der Waals surface area contributed by atoms with Crippen molar-refractivity contribution in [2.45, 2.75) is 57.6 Å². The van der Waals surface area contributed by atoms with E-state index >= 15 is 0 Å². The Bertz CT molecular complexity index is 466. The molecule has 1 aliphatic carbocycles. The molecule has 0 aromatic heterocycles. The van der Waals surface area contributed by atoms with Crippen LogP contribution in [0.2, 0.25) is 0 Å². The lowest BCUT2D eigenvalue weighted by Crippen LogP contribution is -2.30. The highest BCUT2D eigenvalue weighted by Gasteiger charge is 2.23. The molecule has 3 rings (SSSR count). The number of para-hydroxylation sites is 1. The van der Waals surface area contributed by atoms with Crippen molar-refractivity contribution in [1.82, 2.24) is 5.32 Å². The zero-order chi connectivity index (χ0) is 14.7. The van der Waals surface area contributed by atoms with Gasteiger partial charge in [-0.1, -0.05) is 18.2 Å². The van der Waals surface area contributed by atoms with Crippen molar-refractivity contribution in [2.75, 3.05) is 13.2 Å². The first-order valence-electron chi connectivity index (χ1n) is 8.38. The first kappa shape index (κ1) is 14.9. The van der Waals surface area contributed by atoms with Crippen molar-refractivity contribution < 1.29 is 9.84 Å². The Morgan fingerprint density at radius 3 is 2.81 bits per heavy atom. The maximum absolute atomic E-state index is 9.60. The van der Waals surface area contributed by atoms with Crippen LogP contribution in [-0.4, -0.2) is 24.4 Å². The molecule has 1 aromatic carbocycles. The van der Waals surface area contributed by atoms with Gasteiger partial charge in [-0.05, 0) is 63.5 Å². The molecule has 1 aliphatic heterocycles. The van der Waals surface area contributed by atoms with E-state index in [1.807, 2.05) is 0 Å². The third-order valence-corrected chi connectivity index (χ3v) is 4.97. The first-order chi connectivity index (χ1) is 10.2. The summed E-state index contributed by atoms with van der Waals surface area (Å²) in [7, 11) is 0. The molecule has 21 heavy (non-hydrogen) atoms. The monoisotopic (exact) mass is 289 g/mol. The molecule has 116 valence electrons. The quantitative estimate of drug-likeness (QED) is 0.896. The van der Waals surface area contributed by atoms with Gasteiger partial charge < -0.3 is 15.2 Å². The number of ether oxygens (including phenoxy) is 1. The average Bonchev–Trinajstić information content (AvgIpc) is 2.70. The van der Waals surface area contributed by atoms with Crippen molar-refractivity contribution in [2.24, 2.45) is 5.92 Å². The second kappa shape index (κ2) is 6.80. The summed E-state index contributed by atoms with van der Waals surface area (Å²) < 4.78 is 5.94. The normalized spacial score (nSPS) is 29.3. The number of rotatable bonds is 3. The van der Waals surface area contributed by atoms with E-state index in [4.69, 9.17) is 4.74 Å². The molecule has 1 aromatic rings. The first-order valence-corrected chi connectivity index (χ1v) is 8.38. The van der Waals surface area contributed by atoms with Gasteiger partial charge in [0.15, 0.2) is 0 Å². The second-order valence-electron chi connectivity index (χ2n) is 6.62. The molecule has 1 unspecified atom stereocenters. The molecule has 2 N–H and O–H groups in total. The van der Waals surface area contributed by atoms with Crippen molar-refractivity contribution in [1.29, 1.82) is 0 Å². The predicted octanol–water partition coefficient (Wildman–Crippen LogP) is 3.35. The minimum Gasteiger partial charge on any atom is -0.493 e. The van der Waals surface area contributed by atoms with E-state index in [2.05, 4.69) is 30.4 Å². The molecular formula is C18H27NO2. The maximum atomic E-state index is 9.60. The molecule has 0 bridgehead atoms. The van der Waals surface area contributed by atoms with Crippen LogP contribution in [0, 0.1) is 12.8 Å². The third kappa shape index (κ3) is 3.58. The highest BCUT2D eigenvalue weighted by molar-refractivity contribution is 5.43. The van der Waals surface area contributed by atoms with E-state index in [0.717, 1.165) is 57.4 Å². The summed E-state index contributed by atoms with van der Waals surface area (Å²) in [5.41, 5.74) is 2.56. The summed E-state index contributed by atoms with van der Waals surface area (Å²) in [6.07, 6.45) is 6.43. The Morgan fingerprint density at radius 2 is 2.00 bits per heavy atom. The van der Waals surface area contributed by atoms with E-state index < -0.39 is 0 Å². The highest BCUT2D eigenvalue weighted by atomic mass is 16.5. The number of benzene rings is 1. The highest BCUT2D eigenvalue weighted by Crippen LogP contribution is 2.34. The van der Waals surface area contributed by atoms with Gasteiger partial charge in [-0.25, -0.2) is 0 Å². The van der Waals surface area contributed by atoms with Crippen molar-refractivity contribution >= 4 is 0 Å². The fourth-order valence-corrected chi connectivity index (χ4v) is 3.63. The molecule has 0 spiro atoms. The molecular weight excluding hydrogens is 262 g/mol. The van der Waals surface area contributed by atoms with Crippen LogP contribution in [-0.2, 0) is 0 Å². The van der Waals surface area contributed by atoms with Crippen LogP contribution in [0.3, 0.4) is 0 Å². The number of aliphatic hydroxyl groups is 1. The topological polar surface area (TPSA) is 41.5 Å². The molecule has 2 aliphatic rings. The molecule has 3 heteroatoms. The van der Waals surface area contributed by atoms with Crippen molar-refractivity contribution in [3.05, 3.63) is 29.3 Å². The molecule has 1 heterocycles. The van der Waals surface area contributed by atoms with Gasteiger partial charge in [0.25, 0.3) is 0 Å². The smallest absolute Gasteiger partial charge is 0.126 e. The molecule has 0 saturated heterocycles. The van der Waals surface area contributed by atoms with Crippen LogP contribution < -0.4 is 10.1 Å². The molecule has 1 saturated carbocycles. The summed E-state index contributed by atoms with van der Waals surface area (Å²) in [5.74, 6) is 1.80. The fraction of sp³-hybridized carbons (Fsp3) is 0.667. The van der Waals surface area contributed by atoms with Gasteiger partial charge in [-0.3, -0.25) is 0 Å². The summed E-state index contributed by atoms with van der Waals surface area (Å²) in [5, 5.41) is 13.4. The van der Waals surface area contributed by atoms with E-state index in [9.17, 15) is 5.11 Å². The minimum atomic E-state index is -0.0593. The second-order valence-corrected chi connectivity index (χ2v) is 6.62. The van der Waals surface area contributed by atoms with Gasteiger partial charge in [-0.2, -0.15) is 0 Å². The number of fused-ring (bicyclic) bond motifs is 1. The minimum absolute atomic E-state index is 0.0593. The SMILES string of the molecule is Cc1cccc2c1OCCCC2NCC1CCC(O)CC1. The lowest BCUT2D eigenvalue weighted by atomic mass is 9.87. The summed E-state index contributed by atoms with van der Waals surface area (Å²) in [4.78, 5) is 0. The Kier molecular flexibility index (Phi) is 4.81. The number of nitrogens with one attached hydrogen (secondary N) is 1. The summed E-state index contributed by atoms with van der Waals surface area (Å²) in [6, 6.07) is 6.88. The lowest BCUT2D eigenvalue weighted by molar-refractivity contribution is 0.107. The van der Waals surface area contributed by atoms with E-state index in [0.29, 0.717) is 12.0 Å². The van der Waals surface area contributed by atoms with Gasteiger partial charge in [0.05, 0.1) is 12.7 Å². The molecule has 3 nitrogen and oxygen atoms in total. The zero-order valence-corrected chi connectivity index (χ0v) is 13.0. The van der Waals surface area contributed by atoms with Gasteiger partial charge in [0, 0.05) is 11.6 Å². The Labute approximate surface area is 127 Å². The van der Waals surface area contributed by atoms with Gasteiger partial charge in [0.1, 0.15) is 5.75 Å². The van der Waals surface area contributed by atoms with Crippen LogP contribution >= 0.6 is 0 Å². The number of hydrogen-bond acceptors (Lipinski definition) is 3. The number of hydrogen-bond donors (Lipinski definition) is 2. The third-order valence-electron chi connectivity index (χ3n) is 4.97. The van der Waals surface area contributed by atoms with E-state index in [-0.39, 0.29) is 6.10 Å². The van der Waals surface area contributed by atoms with Gasteiger partial charge in [0.2, 0.25) is 0 Å². The Balaban J connectivity index is 1.64. The van der Waals surface area contributed by atoms with Crippen LogP contribution in [0.25, 0.3) is 0 Å². The molecule has 0 radical (unpaired) electrons. The average molecular weight is 289 g/mol. The maximum Gasteiger partial charge on any atom is 0.126 e. The van der Waals surface area contributed by atoms with Crippen LogP contribution in [0.4, 0.5) is 0 Å². The van der Waals surface area contributed by atoms with Crippen molar-refractivity contribution in [3.63, 3.8) is 0 Å². The van der Waals surface area contributed by atoms with Crippen LogP contribution in [0.1, 0.15) is 55.7 Å².